The summed E-state index contributed by atoms with van der Waals surface area (Å²) < 4.78 is 0. The van der Waals surface area contributed by atoms with E-state index in [9.17, 15) is 5.26 Å². The second kappa shape index (κ2) is 9.59. The van der Waals surface area contributed by atoms with Crippen LogP contribution in [0.15, 0.2) is 95.2 Å². The summed E-state index contributed by atoms with van der Waals surface area (Å²) in [5.41, 5.74) is 9.66. The van der Waals surface area contributed by atoms with E-state index in [-0.39, 0.29) is 17.4 Å². The largest absolute Gasteiger partial charge is 0.338 e. The number of dihydropyridines is 1. The zero-order chi connectivity index (χ0) is 26.4. The molecule has 192 valence electrons. The van der Waals surface area contributed by atoms with E-state index in [4.69, 9.17) is 0 Å². The first-order valence-corrected chi connectivity index (χ1v) is 14.1. The predicted molar refractivity (Wildman–Crippen MR) is 158 cm³/mol. The van der Waals surface area contributed by atoms with Gasteiger partial charge in [0.05, 0.1) is 6.07 Å². The van der Waals surface area contributed by atoms with Crippen LogP contribution in [0.1, 0.15) is 69.6 Å². The highest BCUT2D eigenvalue weighted by molar-refractivity contribution is 5.77. The van der Waals surface area contributed by atoms with Gasteiger partial charge in [0.2, 0.25) is 0 Å². The molecule has 2 aromatic rings. The fraction of sp³-hybridized carbons (Fsp3) is 0.371. The molecule has 5 atom stereocenters. The molecule has 0 fully saturated rings. The minimum atomic E-state index is -0.380. The zero-order valence-electron chi connectivity index (χ0n) is 22.9. The van der Waals surface area contributed by atoms with E-state index >= 15 is 0 Å². The third-order valence-electron chi connectivity index (χ3n) is 9.25. The maximum atomic E-state index is 9.82. The van der Waals surface area contributed by atoms with Gasteiger partial charge in [-0.25, -0.2) is 0 Å². The third kappa shape index (κ3) is 3.90. The lowest BCUT2D eigenvalue weighted by Crippen LogP contribution is -2.46. The van der Waals surface area contributed by atoms with Crippen LogP contribution in [0.25, 0.3) is 5.57 Å². The van der Waals surface area contributed by atoms with Crippen molar-refractivity contribution in [2.24, 2.45) is 16.8 Å². The number of anilines is 1. The molecule has 2 aliphatic heterocycles. The summed E-state index contributed by atoms with van der Waals surface area (Å²) in [6, 6.07) is 20.1. The lowest BCUT2D eigenvalue weighted by molar-refractivity contribution is 0.454. The summed E-state index contributed by atoms with van der Waals surface area (Å²) in [5.74, 6) is 0.867. The maximum Gasteiger partial charge on any atom is 0.146 e. The van der Waals surface area contributed by atoms with Crippen molar-refractivity contribution in [1.82, 2.24) is 0 Å². The summed E-state index contributed by atoms with van der Waals surface area (Å²) in [5, 5.41) is 9.82. The van der Waals surface area contributed by atoms with E-state index in [0.717, 1.165) is 19.3 Å². The van der Waals surface area contributed by atoms with Gasteiger partial charge in [-0.3, -0.25) is 4.99 Å². The Kier molecular flexibility index (Phi) is 6.23. The van der Waals surface area contributed by atoms with Crippen molar-refractivity contribution in [2.45, 2.75) is 70.4 Å². The maximum absolute atomic E-state index is 9.82. The van der Waals surface area contributed by atoms with Gasteiger partial charge in [0.25, 0.3) is 0 Å². The number of para-hydroxylation sites is 1. The Bertz CT molecular complexity index is 1440. The molecule has 3 heteroatoms. The summed E-state index contributed by atoms with van der Waals surface area (Å²) in [6.45, 7) is 9.55. The van der Waals surface area contributed by atoms with Gasteiger partial charge in [0.1, 0.15) is 6.04 Å². The molecule has 4 aliphatic rings. The smallest absolute Gasteiger partial charge is 0.146 e. The normalized spacial score (nSPS) is 29.4. The Morgan fingerprint density at radius 1 is 1.03 bits per heavy atom. The van der Waals surface area contributed by atoms with Crippen LogP contribution in [0.5, 0.6) is 0 Å². The number of benzene rings is 2. The van der Waals surface area contributed by atoms with Gasteiger partial charge < -0.3 is 4.90 Å². The summed E-state index contributed by atoms with van der Waals surface area (Å²) in [6.07, 6.45) is 16.4. The number of hydrogen-bond acceptors (Lipinski definition) is 3. The number of fused-ring (bicyclic) bond motifs is 1. The topological polar surface area (TPSA) is 39.4 Å². The van der Waals surface area contributed by atoms with E-state index in [1.165, 1.54) is 33.6 Å². The van der Waals surface area contributed by atoms with Gasteiger partial charge in [0, 0.05) is 40.9 Å². The highest BCUT2D eigenvalue weighted by atomic mass is 15.2. The Morgan fingerprint density at radius 2 is 1.82 bits per heavy atom. The van der Waals surface area contributed by atoms with Gasteiger partial charge >= 0.3 is 0 Å². The number of rotatable bonds is 3. The first-order chi connectivity index (χ1) is 18.4. The molecule has 5 unspecified atom stereocenters. The van der Waals surface area contributed by atoms with Gasteiger partial charge in [-0.15, -0.1) is 0 Å². The molecule has 2 aliphatic carbocycles. The molecule has 2 heterocycles. The summed E-state index contributed by atoms with van der Waals surface area (Å²) >= 11 is 0. The average Bonchev–Trinajstić information content (AvgIpc) is 2.94. The molecule has 0 spiro atoms. The SMILES string of the molecule is CC1C=CC2=C(C1)C(C)(C)c1ccccc1N2C1CCC=C(c2ccccc2C2C=CC=NC2C#N)C1C. The fourth-order valence-corrected chi connectivity index (χ4v) is 7.22. The van der Waals surface area contributed by atoms with Crippen LogP contribution < -0.4 is 4.90 Å². The third-order valence-corrected chi connectivity index (χ3v) is 9.25. The first-order valence-electron chi connectivity index (χ1n) is 14.1. The van der Waals surface area contributed by atoms with Crippen LogP contribution >= 0.6 is 0 Å². The summed E-state index contributed by atoms with van der Waals surface area (Å²) in [4.78, 5) is 7.16. The molecule has 38 heavy (non-hydrogen) atoms. The lowest BCUT2D eigenvalue weighted by atomic mass is 9.68. The van der Waals surface area contributed by atoms with Crippen molar-refractivity contribution < 1.29 is 0 Å². The van der Waals surface area contributed by atoms with Gasteiger partial charge in [-0.2, -0.15) is 5.26 Å². The second-order valence-electron chi connectivity index (χ2n) is 11.9. The quantitative estimate of drug-likeness (QED) is 0.428. The van der Waals surface area contributed by atoms with Crippen molar-refractivity contribution in [3.63, 3.8) is 0 Å². The highest BCUT2D eigenvalue weighted by Crippen LogP contribution is 2.52. The average molecular weight is 500 g/mol. The minimum absolute atomic E-state index is 0.0186. The number of hydrogen-bond donors (Lipinski definition) is 0. The monoisotopic (exact) mass is 499 g/mol. The van der Waals surface area contributed by atoms with Crippen LogP contribution in [0, 0.1) is 23.2 Å². The molecule has 0 bridgehead atoms. The molecular formula is C35H37N3. The van der Waals surface area contributed by atoms with Crippen LogP contribution in [-0.2, 0) is 5.41 Å². The van der Waals surface area contributed by atoms with Gasteiger partial charge in [0.15, 0.2) is 0 Å². The molecule has 2 aromatic carbocycles. The molecule has 0 N–H and O–H groups in total. The molecule has 0 saturated carbocycles. The molecule has 0 saturated heterocycles. The lowest BCUT2D eigenvalue weighted by Gasteiger charge is -2.50. The zero-order valence-corrected chi connectivity index (χ0v) is 22.9. The molecule has 0 amide bonds. The van der Waals surface area contributed by atoms with Crippen molar-refractivity contribution in [2.75, 3.05) is 4.90 Å². The fourth-order valence-electron chi connectivity index (χ4n) is 7.22. The predicted octanol–water partition coefficient (Wildman–Crippen LogP) is 8.13. The van der Waals surface area contributed by atoms with Crippen LogP contribution in [0.3, 0.4) is 0 Å². The first kappa shape index (κ1) is 24.7. The number of nitriles is 1. The van der Waals surface area contributed by atoms with Gasteiger partial charge in [-0.1, -0.05) is 88.4 Å². The summed E-state index contributed by atoms with van der Waals surface area (Å²) in [7, 11) is 0. The van der Waals surface area contributed by atoms with E-state index in [1.54, 1.807) is 11.8 Å². The van der Waals surface area contributed by atoms with Crippen LogP contribution in [-0.4, -0.2) is 18.3 Å². The Balaban J connectivity index is 1.43. The van der Waals surface area contributed by atoms with Crippen LogP contribution in [0.4, 0.5) is 5.69 Å². The molecule has 0 aromatic heterocycles. The van der Waals surface area contributed by atoms with Gasteiger partial charge in [-0.05, 0) is 71.2 Å². The van der Waals surface area contributed by atoms with Crippen molar-refractivity contribution >= 4 is 17.5 Å². The number of aliphatic imine (C=N–C) groups is 1. The molecule has 6 rings (SSSR count). The standard InChI is InChI=1S/C35H37N3/c1-23-18-19-34-30(21-23)35(3,4)29-15-7-8-16-33(29)38(34)32-17-9-13-25(24(32)2)26-11-5-6-12-27(26)28-14-10-20-37-31(28)22-36/h5-8,10-16,18-20,23-24,28,31-32H,9,17,21H2,1-4H3. The van der Waals surface area contributed by atoms with Crippen molar-refractivity contribution in [3.05, 3.63) is 107 Å². The van der Waals surface area contributed by atoms with Crippen molar-refractivity contribution in [3.8, 4) is 6.07 Å². The van der Waals surface area contributed by atoms with Crippen molar-refractivity contribution in [1.29, 1.82) is 5.26 Å². The van der Waals surface area contributed by atoms with E-state index in [1.807, 2.05) is 6.08 Å². The Labute approximate surface area is 227 Å². The van der Waals surface area contributed by atoms with Crippen LogP contribution in [0.2, 0.25) is 0 Å². The molecule has 0 radical (unpaired) electrons. The number of allylic oxidation sites excluding steroid dienone is 5. The Morgan fingerprint density at radius 3 is 2.66 bits per heavy atom. The highest BCUT2D eigenvalue weighted by Gasteiger charge is 2.43. The second-order valence-corrected chi connectivity index (χ2v) is 11.9. The molecular weight excluding hydrogens is 462 g/mol. The molecule has 3 nitrogen and oxygen atoms in total. The van der Waals surface area contributed by atoms with E-state index in [2.05, 4.69) is 116 Å². The Hall–Kier alpha value is -3.64. The van der Waals surface area contributed by atoms with E-state index in [0.29, 0.717) is 17.9 Å². The minimum Gasteiger partial charge on any atom is -0.338 e. The van der Waals surface area contributed by atoms with E-state index < -0.39 is 0 Å². The number of nitrogens with zero attached hydrogens (tertiary/aromatic N) is 3.